The Kier molecular flexibility index (Phi) is 6.70. The number of nitrogens with zero attached hydrogens (tertiary/aromatic N) is 2. The number of anilines is 1. The molecule has 0 atom stereocenters. The molecule has 1 amide bonds. The number of carboxylic acid groups (broad SMARTS) is 1. The van der Waals surface area contributed by atoms with Crippen molar-refractivity contribution in [1.29, 1.82) is 0 Å². The molecule has 2 N–H and O–H groups in total. The van der Waals surface area contributed by atoms with Crippen LogP contribution in [0.4, 0.5) is 5.69 Å². The maximum Gasteiger partial charge on any atom is 0.336 e. The van der Waals surface area contributed by atoms with Crippen LogP contribution < -0.4 is 9.73 Å². The smallest absolute Gasteiger partial charge is 0.336 e. The minimum Gasteiger partial charge on any atom is -0.478 e. The summed E-state index contributed by atoms with van der Waals surface area (Å²) in [6.07, 6.45) is 1.25. The Morgan fingerprint density at radius 1 is 0.969 bits per heavy atom. The number of aryl methyl sites for hydroxylation is 1. The van der Waals surface area contributed by atoms with Crippen LogP contribution in [0.3, 0.4) is 0 Å². The Morgan fingerprint density at radius 3 is 2.22 bits per heavy atom. The van der Waals surface area contributed by atoms with Crippen LogP contribution in [-0.4, -0.2) is 38.7 Å². The van der Waals surface area contributed by atoms with Gasteiger partial charge in [-0.25, -0.2) is 18.6 Å². The summed E-state index contributed by atoms with van der Waals surface area (Å²) in [5, 5.41) is 13.0. The van der Waals surface area contributed by atoms with Gasteiger partial charge in [-0.3, -0.25) is 9.10 Å². The van der Waals surface area contributed by atoms with E-state index in [0.717, 1.165) is 9.87 Å². The Bertz CT molecular complexity index is 1270. The third kappa shape index (κ3) is 5.01. The number of carbonyl (C=O) groups excluding carboxylic acids is 1. The number of hydrazone groups is 1. The number of rotatable bonds is 7. The van der Waals surface area contributed by atoms with Crippen molar-refractivity contribution in [2.75, 3.05) is 11.4 Å². The molecular weight excluding hydrogens is 430 g/mol. The van der Waals surface area contributed by atoms with Gasteiger partial charge >= 0.3 is 5.97 Å². The van der Waals surface area contributed by atoms with Crippen molar-refractivity contribution in [2.45, 2.75) is 11.8 Å². The molecule has 9 heteroatoms. The van der Waals surface area contributed by atoms with Crippen molar-refractivity contribution >= 4 is 33.8 Å². The summed E-state index contributed by atoms with van der Waals surface area (Å²) in [5.41, 5.74) is 4.35. The number of sulfonamides is 1. The van der Waals surface area contributed by atoms with E-state index in [1.54, 1.807) is 42.5 Å². The number of nitrogens with one attached hydrogen (secondary N) is 1. The fourth-order valence-corrected chi connectivity index (χ4v) is 4.05. The van der Waals surface area contributed by atoms with Crippen molar-refractivity contribution in [3.8, 4) is 0 Å². The zero-order chi connectivity index (χ0) is 23.3. The van der Waals surface area contributed by atoms with Crippen molar-refractivity contribution in [1.82, 2.24) is 5.43 Å². The Hall–Kier alpha value is -3.98. The summed E-state index contributed by atoms with van der Waals surface area (Å²) in [6.45, 7) is 1.87. The molecular formula is C23H21N3O5S. The van der Waals surface area contributed by atoms with Crippen molar-refractivity contribution in [3.63, 3.8) is 0 Å². The zero-order valence-electron chi connectivity index (χ0n) is 17.4. The molecule has 0 saturated heterocycles. The molecule has 0 aliphatic rings. The Balaban J connectivity index is 1.70. The van der Waals surface area contributed by atoms with Crippen LogP contribution in [0.1, 0.15) is 31.8 Å². The van der Waals surface area contributed by atoms with Crippen LogP contribution in [0.15, 0.2) is 82.8 Å². The van der Waals surface area contributed by atoms with Gasteiger partial charge in [0.05, 0.1) is 22.4 Å². The molecule has 8 nitrogen and oxygen atoms in total. The van der Waals surface area contributed by atoms with E-state index in [1.807, 2.05) is 6.92 Å². The highest BCUT2D eigenvalue weighted by atomic mass is 32.2. The molecule has 0 unspecified atom stereocenters. The minimum atomic E-state index is -3.74. The highest BCUT2D eigenvalue weighted by Gasteiger charge is 2.21. The lowest BCUT2D eigenvalue weighted by Gasteiger charge is -2.19. The quantitative estimate of drug-likeness (QED) is 0.422. The van der Waals surface area contributed by atoms with Gasteiger partial charge in [0.15, 0.2) is 0 Å². The maximum atomic E-state index is 12.8. The van der Waals surface area contributed by atoms with Gasteiger partial charge in [-0.2, -0.15) is 5.10 Å². The third-order valence-electron chi connectivity index (χ3n) is 4.73. The molecule has 164 valence electrons. The molecule has 3 aromatic carbocycles. The highest BCUT2D eigenvalue weighted by Crippen LogP contribution is 2.22. The molecule has 0 saturated carbocycles. The standard InChI is InChI=1S/C23H21N3O5S/c1-16-7-13-20(14-8-16)32(30,31)26(2)19-11-9-17(10-12-19)22(27)25-24-15-18-5-3-4-6-21(18)23(28)29/h3-15H,1-2H3,(H,25,27)(H,28,29)/b24-15-. The van der Waals surface area contributed by atoms with Gasteiger partial charge in [0.2, 0.25) is 0 Å². The average molecular weight is 452 g/mol. The predicted molar refractivity (Wildman–Crippen MR) is 122 cm³/mol. The van der Waals surface area contributed by atoms with Crippen molar-refractivity contribution in [2.24, 2.45) is 5.10 Å². The number of carbonyl (C=O) groups is 2. The first kappa shape index (κ1) is 22.7. The largest absolute Gasteiger partial charge is 0.478 e. The lowest BCUT2D eigenvalue weighted by molar-refractivity contribution is 0.0696. The van der Waals surface area contributed by atoms with Crippen LogP contribution in [0, 0.1) is 6.92 Å². The molecule has 0 spiro atoms. The second-order valence-corrected chi connectivity index (χ2v) is 8.89. The summed E-state index contributed by atoms with van der Waals surface area (Å²) < 4.78 is 26.7. The van der Waals surface area contributed by atoms with Crippen molar-refractivity contribution < 1.29 is 23.1 Å². The van der Waals surface area contributed by atoms with Gasteiger partial charge in [-0.15, -0.1) is 0 Å². The zero-order valence-corrected chi connectivity index (χ0v) is 18.2. The monoisotopic (exact) mass is 451 g/mol. The van der Waals surface area contributed by atoms with Gasteiger partial charge < -0.3 is 5.11 Å². The van der Waals surface area contributed by atoms with Crippen LogP contribution in [0.25, 0.3) is 0 Å². The predicted octanol–water partition coefficient (Wildman–Crippen LogP) is 3.28. The van der Waals surface area contributed by atoms with E-state index in [9.17, 15) is 18.0 Å². The summed E-state index contributed by atoms with van der Waals surface area (Å²) in [7, 11) is -2.30. The van der Waals surface area contributed by atoms with Crippen LogP contribution >= 0.6 is 0 Å². The van der Waals surface area contributed by atoms with Gasteiger partial charge in [-0.05, 0) is 49.4 Å². The summed E-state index contributed by atoms with van der Waals surface area (Å²) in [4.78, 5) is 23.7. The van der Waals surface area contributed by atoms with E-state index < -0.39 is 21.9 Å². The number of hydrogen-bond donors (Lipinski definition) is 2. The number of benzene rings is 3. The highest BCUT2D eigenvalue weighted by molar-refractivity contribution is 7.92. The molecule has 3 aromatic rings. The number of amides is 1. The second-order valence-electron chi connectivity index (χ2n) is 6.92. The fraction of sp³-hybridized carbons (Fsp3) is 0.0870. The van der Waals surface area contributed by atoms with Gasteiger partial charge in [0.25, 0.3) is 15.9 Å². The topological polar surface area (TPSA) is 116 Å². The number of aromatic carboxylic acids is 1. The molecule has 0 aromatic heterocycles. The van der Waals surface area contributed by atoms with E-state index in [1.165, 1.54) is 43.6 Å². The molecule has 32 heavy (non-hydrogen) atoms. The molecule has 0 bridgehead atoms. The minimum absolute atomic E-state index is 0.0627. The van der Waals surface area contributed by atoms with Crippen molar-refractivity contribution in [3.05, 3.63) is 95.1 Å². The molecule has 0 radical (unpaired) electrons. The molecule has 0 heterocycles. The average Bonchev–Trinajstić information content (AvgIpc) is 2.79. The van der Waals surface area contributed by atoms with Gasteiger partial charge in [-0.1, -0.05) is 35.9 Å². The van der Waals surface area contributed by atoms with Gasteiger partial charge in [0, 0.05) is 18.2 Å². The molecule has 3 rings (SSSR count). The molecule has 0 aliphatic heterocycles. The third-order valence-corrected chi connectivity index (χ3v) is 6.53. The van der Waals surface area contributed by atoms with E-state index >= 15 is 0 Å². The fourth-order valence-electron chi connectivity index (χ4n) is 2.86. The SMILES string of the molecule is Cc1ccc(S(=O)(=O)N(C)c2ccc(C(=O)N/N=C\c3ccccc3C(=O)O)cc2)cc1. The first-order valence-electron chi connectivity index (χ1n) is 9.51. The Labute approximate surface area is 185 Å². The lowest BCUT2D eigenvalue weighted by Crippen LogP contribution is -2.26. The van der Waals surface area contributed by atoms with E-state index in [4.69, 9.17) is 5.11 Å². The summed E-state index contributed by atoms with van der Waals surface area (Å²) >= 11 is 0. The summed E-state index contributed by atoms with van der Waals surface area (Å²) in [6, 6.07) is 18.8. The number of carboxylic acids is 1. The maximum absolute atomic E-state index is 12.8. The number of hydrogen-bond acceptors (Lipinski definition) is 5. The molecule has 0 aliphatic carbocycles. The lowest BCUT2D eigenvalue weighted by atomic mass is 10.1. The first-order valence-corrected chi connectivity index (χ1v) is 11.0. The van der Waals surface area contributed by atoms with E-state index in [2.05, 4.69) is 10.5 Å². The van der Waals surface area contributed by atoms with Crippen LogP contribution in [0.5, 0.6) is 0 Å². The van der Waals surface area contributed by atoms with Crippen LogP contribution in [-0.2, 0) is 10.0 Å². The van der Waals surface area contributed by atoms with Gasteiger partial charge in [0.1, 0.15) is 0 Å². The van der Waals surface area contributed by atoms with Crippen LogP contribution in [0.2, 0.25) is 0 Å². The summed E-state index contributed by atoms with van der Waals surface area (Å²) in [5.74, 6) is -1.62. The normalized spacial score (nSPS) is 11.3. The Morgan fingerprint density at radius 2 is 1.59 bits per heavy atom. The van der Waals surface area contributed by atoms with E-state index in [0.29, 0.717) is 11.3 Å². The first-order chi connectivity index (χ1) is 15.2. The molecule has 0 fully saturated rings. The van der Waals surface area contributed by atoms with E-state index in [-0.39, 0.29) is 16.0 Å². The second kappa shape index (κ2) is 9.44.